The van der Waals surface area contributed by atoms with Crippen molar-refractivity contribution in [3.63, 3.8) is 0 Å². The first kappa shape index (κ1) is 17.8. The number of rotatable bonds is 4. The zero-order valence-corrected chi connectivity index (χ0v) is 12.5. The molecule has 8 N–H and O–H groups in total. The van der Waals surface area contributed by atoms with Gasteiger partial charge in [-0.25, -0.2) is 4.79 Å². The van der Waals surface area contributed by atoms with Gasteiger partial charge in [0.05, 0.1) is 23.2 Å². The molecule has 0 radical (unpaired) electrons. The zero-order chi connectivity index (χ0) is 17.5. The smallest absolute Gasteiger partial charge is 0.356 e. The van der Waals surface area contributed by atoms with Gasteiger partial charge in [-0.3, -0.25) is 4.57 Å². The van der Waals surface area contributed by atoms with E-state index in [1.165, 1.54) is 0 Å². The summed E-state index contributed by atoms with van der Waals surface area (Å²) >= 11 is 0. The lowest BCUT2D eigenvalue weighted by Gasteiger charge is -2.22. The molecule has 0 spiro atoms. The molecule has 0 aliphatic carbocycles. The number of aromatic carboxylic acids is 1. The minimum atomic E-state index is -4.87. The molecule has 1 unspecified atom stereocenters. The number of ether oxygens (including phenoxy) is 1. The third-order valence-electron chi connectivity index (χ3n) is 3.64. The molecule has 1 aromatic rings. The van der Waals surface area contributed by atoms with Gasteiger partial charge in [0.15, 0.2) is 0 Å². The van der Waals surface area contributed by atoms with Crippen LogP contribution in [0.25, 0.3) is 0 Å². The highest BCUT2D eigenvalue weighted by Crippen LogP contribution is 2.43. The summed E-state index contributed by atoms with van der Waals surface area (Å²) in [5, 5.41) is 37.3. The van der Waals surface area contributed by atoms with Crippen molar-refractivity contribution in [2.45, 2.75) is 24.4 Å². The average molecular weight is 349 g/mol. The molecular formula is C12H16NO9P. The number of aliphatic hydroxyl groups is 3. The molecule has 1 fully saturated rings. The standard InChI is InChI=1S/C12H16NO9P/c13-8-4(12(17)18)1-2-6(23(19,20)21)7(8)11-10(16)9(15)5(3-14)22-11/h1-2,5,9-11,14-16H,3,13H2,(H,17,18)(H2,19,20,21)/t5-,9-,10-,11?/m1/s1. The Hall–Kier alpha value is -1.52. The number of nitrogen functional groups attached to an aromatic ring is 1. The van der Waals surface area contributed by atoms with E-state index in [1.54, 1.807) is 0 Å². The molecule has 1 aliphatic heterocycles. The first-order valence-electron chi connectivity index (χ1n) is 6.43. The van der Waals surface area contributed by atoms with E-state index in [0.29, 0.717) is 0 Å². The molecule has 11 heteroatoms. The van der Waals surface area contributed by atoms with Crippen molar-refractivity contribution in [2.24, 2.45) is 0 Å². The van der Waals surface area contributed by atoms with Crippen LogP contribution in [-0.2, 0) is 9.30 Å². The van der Waals surface area contributed by atoms with Gasteiger partial charge >= 0.3 is 13.6 Å². The lowest BCUT2D eigenvalue weighted by Crippen LogP contribution is -2.33. The molecule has 1 aliphatic rings. The lowest BCUT2D eigenvalue weighted by atomic mass is 9.97. The van der Waals surface area contributed by atoms with E-state index in [0.717, 1.165) is 12.1 Å². The van der Waals surface area contributed by atoms with E-state index >= 15 is 0 Å². The maximum atomic E-state index is 11.6. The van der Waals surface area contributed by atoms with Crippen LogP contribution in [0.3, 0.4) is 0 Å². The molecule has 1 heterocycles. The van der Waals surface area contributed by atoms with Gasteiger partial charge in [0.1, 0.15) is 24.4 Å². The van der Waals surface area contributed by atoms with Gasteiger partial charge in [-0.1, -0.05) is 0 Å². The summed E-state index contributed by atoms with van der Waals surface area (Å²) in [4.78, 5) is 30.0. The highest BCUT2D eigenvalue weighted by Gasteiger charge is 2.46. The van der Waals surface area contributed by atoms with Gasteiger partial charge in [0.25, 0.3) is 0 Å². The molecule has 0 saturated carbocycles. The molecule has 0 amide bonds. The molecule has 4 atom stereocenters. The van der Waals surface area contributed by atoms with Crippen LogP contribution in [0, 0.1) is 0 Å². The Labute approximate surface area is 129 Å². The highest BCUT2D eigenvalue weighted by atomic mass is 31.2. The topological polar surface area (TPSA) is 191 Å². The molecule has 10 nitrogen and oxygen atoms in total. The minimum absolute atomic E-state index is 0.416. The van der Waals surface area contributed by atoms with Crippen LogP contribution in [-0.4, -0.2) is 61.1 Å². The third kappa shape index (κ3) is 3.10. The summed E-state index contributed by atoms with van der Waals surface area (Å²) in [6, 6.07) is 1.81. The number of hydrogen-bond donors (Lipinski definition) is 7. The van der Waals surface area contributed by atoms with Crippen LogP contribution in [0.15, 0.2) is 12.1 Å². The van der Waals surface area contributed by atoms with Gasteiger partial charge in [-0.2, -0.15) is 0 Å². The first-order chi connectivity index (χ1) is 10.6. The summed E-state index contributed by atoms with van der Waals surface area (Å²) < 4.78 is 16.8. The first-order valence-corrected chi connectivity index (χ1v) is 8.05. The van der Waals surface area contributed by atoms with Gasteiger partial charge < -0.3 is 40.7 Å². The SMILES string of the molecule is Nc1c(C(=O)O)ccc(P(=O)(O)O)c1C1O[C@H](CO)[C@@H](O)[C@H]1O. The summed E-state index contributed by atoms with van der Waals surface area (Å²) in [7, 11) is -4.87. The normalized spacial score (nSPS) is 28.0. The van der Waals surface area contributed by atoms with E-state index in [9.17, 15) is 29.4 Å². The average Bonchev–Trinajstić information content (AvgIpc) is 2.73. The van der Waals surface area contributed by atoms with Gasteiger partial charge in [-0.05, 0) is 12.1 Å². The lowest BCUT2D eigenvalue weighted by molar-refractivity contribution is -0.0223. The zero-order valence-electron chi connectivity index (χ0n) is 11.6. The molecule has 23 heavy (non-hydrogen) atoms. The predicted molar refractivity (Wildman–Crippen MR) is 76.2 cm³/mol. The van der Waals surface area contributed by atoms with Crippen LogP contribution in [0.2, 0.25) is 0 Å². The predicted octanol–water partition coefficient (Wildman–Crippen LogP) is -2.08. The Morgan fingerprint density at radius 3 is 2.30 bits per heavy atom. The van der Waals surface area contributed by atoms with Gasteiger partial charge in [-0.15, -0.1) is 0 Å². The molecule has 0 aromatic heterocycles. The van der Waals surface area contributed by atoms with Crippen molar-refractivity contribution in [3.05, 3.63) is 23.3 Å². The van der Waals surface area contributed by atoms with Crippen molar-refractivity contribution in [3.8, 4) is 0 Å². The third-order valence-corrected chi connectivity index (χ3v) is 4.65. The second-order valence-corrected chi connectivity index (χ2v) is 6.64. The number of anilines is 1. The van der Waals surface area contributed by atoms with Crippen molar-refractivity contribution in [2.75, 3.05) is 12.3 Å². The number of benzene rings is 1. The Balaban J connectivity index is 2.66. The van der Waals surface area contributed by atoms with E-state index in [1.807, 2.05) is 0 Å². The summed E-state index contributed by atoms with van der Waals surface area (Å²) in [5.74, 6) is -1.44. The molecule has 1 saturated heterocycles. The fourth-order valence-electron chi connectivity index (χ4n) is 2.50. The number of aliphatic hydroxyl groups excluding tert-OH is 3. The van der Waals surface area contributed by atoms with E-state index in [4.69, 9.17) is 20.7 Å². The molecular weight excluding hydrogens is 333 g/mol. The van der Waals surface area contributed by atoms with E-state index < -0.39 is 66.7 Å². The van der Waals surface area contributed by atoms with Gasteiger partial charge in [0.2, 0.25) is 0 Å². The number of carboxylic acid groups (broad SMARTS) is 1. The maximum Gasteiger partial charge on any atom is 0.356 e. The van der Waals surface area contributed by atoms with Crippen molar-refractivity contribution in [1.29, 1.82) is 0 Å². The van der Waals surface area contributed by atoms with Gasteiger partial charge in [0, 0.05) is 5.56 Å². The second-order valence-electron chi connectivity index (χ2n) is 5.07. The highest BCUT2D eigenvalue weighted by molar-refractivity contribution is 7.60. The fourth-order valence-corrected chi connectivity index (χ4v) is 3.33. The monoisotopic (exact) mass is 349 g/mol. The Morgan fingerprint density at radius 1 is 1.26 bits per heavy atom. The second kappa shape index (κ2) is 6.17. The van der Waals surface area contributed by atoms with E-state index in [-0.39, 0.29) is 0 Å². The van der Waals surface area contributed by atoms with Crippen LogP contribution < -0.4 is 11.0 Å². The summed E-state index contributed by atoms with van der Waals surface area (Å²) in [6.45, 7) is -0.654. The van der Waals surface area contributed by atoms with Crippen LogP contribution in [0.1, 0.15) is 22.0 Å². The number of carbonyl (C=O) groups is 1. The largest absolute Gasteiger partial charge is 0.478 e. The summed E-state index contributed by atoms with van der Waals surface area (Å²) in [5.41, 5.74) is 4.35. The van der Waals surface area contributed by atoms with Crippen molar-refractivity contribution < 1.29 is 44.3 Å². The van der Waals surface area contributed by atoms with Crippen molar-refractivity contribution in [1.82, 2.24) is 0 Å². The molecule has 128 valence electrons. The number of hydrogen-bond acceptors (Lipinski definition) is 7. The Bertz CT molecular complexity index is 673. The molecule has 1 aromatic carbocycles. The molecule has 0 bridgehead atoms. The quantitative estimate of drug-likeness (QED) is 0.234. The Morgan fingerprint density at radius 2 is 1.87 bits per heavy atom. The summed E-state index contributed by atoms with van der Waals surface area (Å²) in [6.07, 6.45) is -5.87. The Kier molecular flexibility index (Phi) is 4.79. The number of carboxylic acids is 1. The van der Waals surface area contributed by atoms with E-state index in [2.05, 4.69) is 0 Å². The molecule has 2 rings (SSSR count). The maximum absolute atomic E-state index is 11.6. The van der Waals surface area contributed by atoms with Crippen LogP contribution in [0.5, 0.6) is 0 Å². The minimum Gasteiger partial charge on any atom is -0.478 e. The van der Waals surface area contributed by atoms with Crippen molar-refractivity contribution >= 4 is 24.6 Å². The van der Waals surface area contributed by atoms with Crippen LogP contribution >= 0.6 is 7.60 Å². The van der Waals surface area contributed by atoms with Crippen LogP contribution in [0.4, 0.5) is 5.69 Å². The fraction of sp³-hybridized carbons (Fsp3) is 0.417. The number of nitrogens with two attached hydrogens (primary N) is 1.